The number of hydrogen-bond donors (Lipinski definition) is 1. The summed E-state index contributed by atoms with van der Waals surface area (Å²) in [6.45, 7) is 11.4. The molecule has 6 aliphatic rings. The van der Waals surface area contributed by atoms with E-state index >= 15 is 0 Å². The van der Waals surface area contributed by atoms with Gasteiger partial charge in [-0.2, -0.15) is 0 Å². The van der Waals surface area contributed by atoms with E-state index in [1.807, 2.05) is 0 Å². The number of piperidine rings is 1. The molecule has 0 aromatic rings. The van der Waals surface area contributed by atoms with Crippen molar-refractivity contribution in [1.29, 1.82) is 0 Å². The molecule has 0 aromatic carbocycles. The molecule has 1 spiro atoms. The maximum atomic E-state index is 12.2. The number of ether oxygens (including phenoxy) is 1. The van der Waals surface area contributed by atoms with Crippen molar-refractivity contribution in [3.8, 4) is 0 Å². The van der Waals surface area contributed by atoms with Crippen molar-refractivity contribution in [2.45, 2.75) is 104 Å². The van der Waals surface area contributed by atoms with Crippen LogP contribution < -0.4 is 5.32 Å². The number of quaternary nitrogens is 1. The van der Waals surface area contributed by atoms with Crippen molar-refractivity contribution >= 4 is 5.78 Å². The van der Waals surface area contributed by atoms with Crippen LogP contribution in [0.15, 0.2) is 0 Å². The second kappa shape index (κ2) is 6.56. The molecule has 168 valence electrons. The first-order valence-corrected chi connectivity index (χ1v) is 13.3. The molecule has 2 aliphatic heterocycles. The highest BCUT2D eigenvalue weighted by Gasteiger charge is 2.69. The summed E-state index contributed by atoms with van der Waals surface area (Å²) in [4.78, 5) is 12.2. The zero-order chi connectivity index (χ0) is 20.9. The summed E-state index contributed by atoms with van der Waals surface area (Å²) >= 11 is 0. The first-order valence-electron chi connectivity index (χ1n) is 13.3. The minimum atomic E-state index is 0.0834. The van der Waals surface area contributed by atoms with Gasteiger partial charge in [-0.1, -0.05) is 27.7 Å². The second-order valence-electron chi connectivity index (χ2n) is 13.2. The van der Waals surface area contributed by atoms with E-state index in [0.717, 1.165) is 48.9 Å². The Hall–Kier alpha value is -0.410. The summed E-state index contributed by atoms with van der Waals surface area (Å²) in [5.41, 5.74) is 0.982. The molecule has 4 aliphatic carbocycles. The summed E-state index contributed by atoms with van der Waals surface area (Å²) in [6.07, 6.45) is 12.8. The standard InChI is InChI=1S/C27H43NO2/c1-16-7-12-27(28-15-16)17(2)24-23(30-27)14-22-20-6-5-18-13-19(29)8-10-25(18,3)21(20)9-11-26(22,24)4/h16-18,20-24,28H,5-15H2,1-4H3/p+1/t16-,17+,18+,20-,21+,22+,23+,24+,25+,26-,27-/m1/s1. The van der Waals surface area contributed by atoms with Gasteiger partial charge in [-0.25, -0.2) is 0 Å². The van der Waals surface area contributed by atoms with Crippen LogP contribution >= 0.6 is 0 Å². The van der Waals surface area contributed by atoms with Crippen molar-refractivity contribution in [1.82, 2.24) is 0 Å². The molecular formula is C27H44NO2+. The predicted molar refractivity (Wildman–Crippen MR) is 118 cm³/mol. The maximum absolute atomic E-state index is 12.2. The Balaban J connectivity index is 1.26. The summed E-state index contributed by atoms with van der Waals surface area (Å²) in [6, 6.07) is 0. The predicted octanol–water partition coefficient (Wildman–Crippen LogP) is 4.55. The molecule has 3 heteroatoms. The smallest absolute Gasteiger partial charge is 0.203 e. The molecule has 2 N–H and O–H groups in total. The zero-order valence-corrected chi connectivity index (χ0v) is 19.8. The van der Waals surface area contributed by atoms with Crippen LogP contribution in [0.3, 0.4) is 0 Å². The largest absolute Gasteiger partial charge is 0.323 e. The lowest BCUT2D eigenvalue weighted by molar-refractivity contribution is -0.786. The van der Waals surface area contributed by atoms with Crippen LogP contribution in [0.2, 0.25) is 0 Å². The number of ketones is 1. The van der Waals surface area contributed by atoms with Crippen LogP contribution in [0.5, 0.6) is 0 Å². The number of Topliss-reactive ketones (excluding diaryl/α,β-unsaturated/α-hetero) is 1. The average molecular weight is 415 g/mol. The monoisotopic (exact) mass is 414 g/mol. The lowest BCUT2D eigenvalue weighted by Crippen LogP contribution is -3.00. The van der Waals surface area contributed by atoms with Gasteiger partial charge in [0, 0.05) is 37.0 Å². The SMILES string of the molecule is C[C@@H]1CC[C@@]2([NH2+]C1)O[C@H]1C[C@H]3[C@@H]4CC[C@H]5CC(=O)CC[C@]5(C)[C@H]4CC[C@@]3(C)[C@H]1[C@@H]2C. The molecule has 11 atom stereocenters. The number of carbonyl (C=O) groups excluding carboxylic acids is 1. The Kier molecular flexibility index (Phi) is 4.42. The first-order chi connectivity index (χ1) is 14.3. The van der Waals surface area contributed by atoms with E-state index in [2.05, 4.69) is 33.0 Å². The van der Waals surface area contributed by atoms with Gasteiger partial charge in [0.25, 0.3) is 0 Å². The molecule has 3 nitrogen and oxygen atoms in total. The van der Waals surface area contributed by atoms with E-state index in [-0.39, 0.29) is 5.72 Å². The van der Waals surface area contributed by atoms with Crippen LogP contribution in [0.4, 0.5) is 0 Å². The highest BCUT2D eigenvalue weighted by Crippen LogP contribution is 2.70. The molecule has 0 amide bonds. The zero-order valence-electron chi connectivity index (χ0n) is 19.8. The van der Waals surface area contributed by atoms with E-state index in [9.17, 15) is 4.79 Å². The Morgan fingerprint density at radius 2 is 1.80 bits per heavy atom. The molecule has 30 heavy (non-hydrogen) atoms. The molecule has 6 fully saturated rings. The number of carbonyl (C=O) groups is 1. The van der Waals surface area contributed by atoms with E-state index in [0.29, 0.717) is 34.6 Å². The van der Waals surface area contributed by atoms with E-state index < -0.39 is 0 Å². The summed E-state index contributed by atoms with van der Waals surface area (Å²) in [7, 11) is 0. The van der Waals surface area contributed by atoms with E-state index in [4.69, 9.17) is 4.74 Å². The van der Waals surface area contributed by atoms with E-state index in [1.165, 1.54) is 51.5 Å². The van der Waals surface area contributed by atoms with Crippen molar-refractivity contribution < 1.29 is 14.8 Å². The number of nitrogens with two attached hydrogens (primary N) is 1. The fourth-order valence-electron chi connectivity index (χ4n) is 10.4. The van der Waals surface area contributed by atoms with Gasteiger partial charge in [0.15, 0.2) is 0 Å². The van der Waals surface area contributed by atoms with Gasteiger partial charge in [-0.15, -0.1) is 0 Å². The third-order valence-electron chi connectivity index (χ3n) is 12.1. The van der Waals surface area contributed by atoms with Crippen LogP contribution in [-0.4, -0.2) is 24.2 Å². The summed E-state index contributed by atoms with van der Waals surface area (Å²) < 4.78 is 7.06. The Morgan fingerprint density at radius 3 is 2.57 bits per heavy atom. The van der Waals surface area contributed by atoms with Crippen molar-refractivity contribution in [2.75, 3.05) is 6.54 Å². The molecule has 6 rings (SSSR count). The summed E-state index contributed by atoms with van der Waals surface area (Å²) in [5, 5.41) is 2.60. The highest BCUT2D eigenvalue weighted by atomic mass is 16.5. The third-order valence-corrected chi connectivity index (χ3v) is 12.1. The fourth-order valence-corrected chi connectivity index (χ4v) is 10.4. The minimum Gasteiger partial charge on any atom is -0.323 e. The average Bonchev–Trinajstić information content (AvgIpc) is 3.16. The lowest BCUT2D eigenvalue weighted by Gasteiger charge is -2.60. The van der Waals surface area contributed by atoms with Gasteiger partial charge >= 0.3 is 0 Å². The van der Waals surface area contributed by atoms with Gasteiger partial charge in [0.1, 0.15) is 5.78 Å². The van der Waals surface area contributed by atoms with Gasteiger partial charge in [0.05, 0.1) is 12.6 Å². The van der Waals surface area contributed by atoms with Crippen molar-refractivity contribution in [3.05, 3.63) is 0 Å². The van der Waals surface area contributed by atoms with Gasteiger partial charge in [0.2, 0.25) is 5.72 Å². The Labute approximate surface area is 183 Å². The highest BCUT2D eigenvalue weighted by molar-refractivity contribution is 5.79. The fraction of sp³-hybridized carbons (Fsp3) is 0.963. The third kappa shape index (κ3) is 2.54. The van der Waals surface area contributed by atoms with Crippen molar-refractivity contribution in [3.63, 3.8) is 0 Å². The molecule has 4 saturated carbocycles. The first kappa shape index (κ1) is 20.2. The number of hydrogen-bond acceptors (Lipinski definition) is 2. The van der Waals surface area contributed by atoms with Crippen LogP contribution in [0.1, 0.15) is 91.9 Å². The van der Waals surface area contributed by atoms with Crippen LogP contribution in [-0.2, 0) is 9.53 Å². The topological polar surface area (TPSA) is 42.9 Å². The van der Waals surface area contributed by atoms with Gasteiger partial charge < -0.3 is 10.1 Å². The Bertz CT molecular complexity index is 726. The van der Waals surface area contributed by atoms with E-state index in [1.54, 1.807) is 0 Å². The van der Waals surface area contributed by atoms with Crippen molar-refractivity contribution in [2.24, 2.45) is 52.3 Å². The second-order valence-corrected chi connectivity index (χ2v) is 13.2. The van der Waals surface area contributed by atoms with Gasteiger partial charge in [-0.05, 0) is 79.4 Å². The van der Waals surface area contributed by atoms with Crippen LogP contribution in [0.25, 0.3) is 0 Å². The van der Waals surface area contributed by atoms with Gasteiger partial charge in [-0.3, -0.25) is 4.79 Å². The lowest BCUT2D eigenvalue weighted by atomic mass is 9.44. The maximum Gasteiger partial charge on any atom is 0.203 e. The molecule has 0 radical (unpaired) electrons. The normalized spacial score (nSPS) is 60.1. The Morgan fingerprint density at radius 1 is 0.967 bits per heavy atom. The molecule has 0 unspecified atom stereocenters. The molecule has 0 aromatic heterocycles. The molecule has 2 saturated heterocycles. The van der Waals surface area contributed by atoms with Crippen LogP contribution in [0, 0.1) is 52.3 Å². The number of rotatable bonds is 0. The quantitative estimate of drug-likeness (QED) is 0.632. The molecular weight excluding hydrogens is 370 g/mol. The molecule has 0 bridgehead atoms. The minimum absolute atomic E-state index is 0.0834. The summed E-state index contributed by atoms with van der Waals surface area (Å²) in [5.74, 6) is 6.07. The number of fused-ring (bicyclic) bond motifs is 7. The molecule has 2 heterocycles.